The third kappa shape index (κ3) is 4.07. The molecule has 3 atom stereocenters. The number of hydrogen-bond acceptors (Lipinski definition) is 4. The minimum atomic E-state index is 0. The number of guanidine groups is 1. The number of thiazole rings is 1. The van der Waals surface area contributed by atoms with Gasteiger partial charge in [0.2, 0.25) is 0 Å². The first-order valence-corrected chi connectivity index (χ1v) is 8.23. The number of fused-ring (bicyclic) bond motifs is 2. The van der Waals surface area contributed by atoms with Crippen molar-refractivity contribution in [3.63, 3.8) is 0 Å². The van der Waals surface area contributed by atoms with Crippen molar-refractivity contribution in [3.8, 4) is 0 Å². The molecule has 118 valence electrons. The first-order chi connectivity index (χ1) is 9.76. The Morgan fingerprint density at radius 3 is 2.95 bits per heavy atom. The maximum Gasteiger partial charge on any atom is 0.191 e. The second-order valence-electron chi connectivity index (χ2n) is 5.42. The molecule has 0 amide bonds. The minimum absolute atomic E-state index is 0. The zero-order chi connectivity index (χ0) is 13.9. The first-order valence-electron chi connectivity index (χ1n) is 7.35. The topological polar surface area (TPSA) is 58.5 Å². The van der Waals surface area contributed by atoms with Gasteiger partial charge in [-0.05, 0) is 33.1 Å². The number of aliphatic imine (C=N–C) groups is 1. The molecule has 2 saturated heterocycles. The summed E-state index contributed by atoms with van der Waals surface area (Å²) in [5, 5.41) is 6.85. The summed E-state index contributed by atoms with van der Waals surface area (Å²) in [6.07, 6.45) is 4.33. The third-order valence-corrected chi connectivity index (χ3v) is 4.92. The van der Waals surface area contributed by atoms with Gasteiger partial charge in [0.25, 0.3) is 0 Å². The number of rotatable bonds is 4. The largest absolute Gasteiger partial charge is 0.373 e. The highest BCUT2D eigenvalue weighted by molar-refractivity contribution is 14.0. The normalized spacial score (nSPS) is 27.5. The first kappa shape index (κ1) is 17.0. The molecule has 1 aromatic heterocycles. The van der Waals surface area contributed by atoms with Crippen molar-refractivity contribution in [3.05, 3.63) is 16.1 Å². The SMILES string of the molecule is CCNC(=NCc1scnc1C)NC1CC2CCC1O2.I. The van der Waals surface area contributed by atoms with Gasteiger partial charge in [0.15, 0.2) is 5.96 Å². The van der Waals surface area contributed by atoms with Gasteiger partial charge in [0, 0.05) is 11.4 Å². The molecule has 2 bridgehead atoms. The number of nitrogens with one attached hydrogen (secondary N) is 2. The van der Waals surface area contributed by atoms with E-state index in [1.165, 1.54) is 17.7 Å². The molecule has 0 aliphatic carbocycles. The van der Waals surface area contributed by atoms with E-state index in [9.17, 15) is 0 Å². The molecule has 2 N–H and O–H groups in total. The van der Waals surface area contributed by atoms with Gasteiger partial charge in [0.05, 0.1) is 36.0 Å². The second-order valence-corrected chi connectivity index (χ2v) is 6.36. The number of hydrogen-bond donors (Lipinski definition) is 2. The number of aryl methyl sites for hydroxylation is 1. The van der Waals surface area contributed by atoms with Gasteiger partial charge in [-0.2, -0.15) is 0 Å². The van der Waals surface area contributed by atoms with Crippen LogP contribution in [-0.2, 0) is 11.3 Å². The Hall–Kier alpha value is -0.410. The van der Waals surface area contributed by atoms with Gasteiger partial charge >= 0.3 is 0 Å². The van der Waals surface area contributed by atoms with E-state index in [2.05, 4.69) is 27.5 Å². The van der Waals surface area contributed by atoms with Crippen molar-refractivity contribution >= 4 is 41.3 Å². The van der Waals surface area contributed by atoms with Crippen LogP contribution in [0, 0.1) is 6.92 Å². The molecule has 3 heterocycles. The molecule has 0 aromatic carbocycles. The molecule has 2 aliphatic heterocycles. The standard InChI is InChI=1S/C14H22N4OS.HI/c1-3-15-14(16-7-13-9(2)17-8-20-13)18-11-6-10-4-5-12(11)19-10;/h8,10-12H,3-7H2,1-2H3,(H2,15,16,18);1H. The number of nitrogens with zero attached hydrogens (tertiary/aromatic N) is 2. The summed E-state index contributed by atoms with van der Waals surface area (Å²) in [6, 6.07) is 0.411. The average molecular weight is 422 g/mol. The highest BCUT2D eigenvalue weighted by atomic mass is 127. The summed E-state index contributed by atoms with van der Waals surface area (Å²) in [4.78, 5) is 10.2. The van der Waals surface area contributed by atoms with E-state index in [1.54, 1.807) is 11.3 Å². The maximum atomic E-state index is 5.88. The highest BCUT2D eigenvalue weighted by Gasteiger charge is 2.41. The molecular weight excluding hydrogens is 399 g/mol. The van der Waals surface area contributed by atoms with E-state index < -0.39 is 0 Å². The van der Waals surface area contributed by atoms with Crippen molar-refractivity contribution < 1.29 is 4.74 Å². The Labute approximate surface area is 147 Å². The van der Waals surface area contributed by atoms with Crippen molar-refractivity contribution in [2.75, 3.05) is 6.54 Å². The van der Waals surface area contributed by atoms with Crippen LogP contribution in [0.1, 0.15) is 36.8 Å². The number of ether oxygens (including phenoxy) is 1. The zero-order valence-electron chi connectivity index (χ0n) is 12.5. The Kier molecular flexibility index (Phi) is 6.24. The average Bonchev–Trinajstić information content (AvgIpc) is 3.13. The number of halogens is 1. The Morgan fingerprint density at radius 2 is 2.38 bits per heavy atom. The van der Waals surface area contributed by atoms with Crippen molar-refractivity contribution in [2.24, 2.45) is 4.99 Å². The van der Waals surface area contributed by atoms with Crippen LogP contribution in [0.2, 0.25) is 0 Å². The van der Waals surface area contributed by atoms with Crippen LogP contribution in [0.25, 0.3) is 0 Å². The molecule has 0 spiro atoms. The van der Waals surface area contributed by atoms with Crippen LogP contribution in [0.4, 0.5) is 0 Å². The van der Waals surface area contributed by atoms with Crippen LogP contribution >= 0.6 is 35.3 Å². The fourth-order valence-corrected chi connectivity index (χ4v) is 3.61. The summed E-state index contributed by atoms with van der Waals surface area (Å²) >= 11 is 1.67. The monoisotopic (exact) mass is 422 g/mol. The molecule has 2 fully saturated rings. The van der Waals surface area contributed by atoms with Crippen LogP contribution in [0.5, 0.6) is 0 Å². The van der Waals surface area contributed by atoms with Gasteiger partial charge in [-0.3, -0.25) is 0 Å². The lowest BCUT2D eigenvalue weighted by Gasteiger charge is -2.22. The summed E-state index contributed by atoms with van der Waals surface area (Å²) < 4.78 is 5.88. The molecule has 7 heteroatoms. The molecule has 0 saturated carbocycles. The summed E-state index contributed by atoms with van der Waals surface area (Å²) in [5.41, 5.74) is 2.96. The molecule has 2 aliphatic rings. The molecule has 5 nitrogen and oxygen atoms in total. The highest BCUT2D eigenvalue weighted by Crippen LogP contribution is 2.34. The Morgan fingerprint density at radius 1 is 1.52 bits per heavy atom. The number of aromatic nitrogens is 1. The Balaban J connectivity index is 0.00000161. The van der Waals surface area contributed by atoms with Crippen molar-refractivity contribution in [2.45, 2.75) is 57.9 Å². The van der Waals surface area contributed by atoms with E-state index >= 15 is 0 Å². The van der Waals surface area contributed by atoms with Crippen molar-refractivity contribution in [1.82, 2.24) is 15.6 Å². The van der Waals surface area contributed by atoms with Gasteiger partial charge in [-0.1, -0.05) is 0 Å². The van der Waals surface area contributed by atoms with E-state index in [1.807, 2.05) is 12.4 Å². The van der Waals surface area contributed by atoms with E-state index in [4.69, 9.17) is 4.74 Å². The Bertz CT molecular complexity index is 493. The zero-order valence-corrected chi connectivity index (χ0v) is 15.6. The second kappa shape index (κ2) is 7.73. The van der Waals surface area contributed by atoms with Gasteiger partial charge in [0.1, 0.15) is 0 Å². The van der Waals surface area contributed by atoms with Crippen LogP contribution in [0.15, 0.2) is 10.5 Å². The van der Waals surface area contributed by atoms with Gasteiger partial charge in [-0.15, -0.1) is 35.3 Å². The molecule has 3 rings (SSSR count). The van der Waals surface area contributed by atoms with Crippen LogP contribution in [-0.4, -0.2) is 35.7 Å². The van der Waals surface area contributed by atoms with Crippen molar-refractivity contribution in [1.29, 1.82) is 0 Å². The minimum Gasteiger partial charge on any atom is -0.373 e. The lowest BCUT2D eigenvalue weighted by atomic mass is 9.96. The van der Waals surface area contributed by atoms with E-state index in [0.29, 0.717) is 24.8 Å². The van der Waals surface area contributed by atoms with E-state index in [0.717, 1.165) is 24.6 Å². The van der Waals surface area contributed by atoms with E-state index in [-0.39, 0.29) is 24.0 Å². The molecule has 1 aromatic rings. The molecule has 3 unspecified atom stereocenters. The quantitative estimate of drug-likeness (QED) is 0.445. The van der Waals surface area contributed by atoms with Gasteiger partial charge < -0.3 is 15.4 Å². The summed E-state index contributed by atoms with van der Waals surface area (Å²) in [6.45, 7) is 5.68. The molecule has 0 radical (unpaired) electrons. The van der Waals surface area contributed by atoms with Gasteiger partial charge in [-0.25, -0.2) is 9.98 Å². The predicted molar refractivity (Wildman–Crippen MR) is 96.5 cm³/mol. The molecule has 21 heavy (non-hydrogen) atoms. The fraction of sp³-hybridized carbons (Fsp3) is 0.714. The van der Waals surface area contributed by atoms with Crippen LogP contribution < -0.4 is 10.6 Å². The lowest BCUT2D eigenvalue weighted by Crippen LogP contribution is -2.47. The molecular formula is C14H23IN4OS. The van der Waals surface area contributed by atoms with Crippen LogP contribution in [0.3, 0.4) is 0 Å². The lowest BCUT2D eigenvalue weighted by molar-refractivity contribution is 0.0992. The fourth-order valence-electron chi connectivity index (χ4n) is 2.91. The summed E-state index contributed by atoms with van der Waals surface area (Å²) in [5.74, 6) is 0.890. The predicted octanol–water partition coefficient (Wildman–Crippen LogP) is 2.44. The maximum absolute atomic E-state index is 5.88. The summed E-state index contributed by atoms with van der Waals surface area (Å²) in [7, 11) is 0. The third-order valence-electron chi connectivity index (χ3n) is 4.00. The smallest absolute Gasteiger partial charge is 0.191 e.